The summed E-state index contributed by atoms with van der Waals surface area (Å²) in [5, 5.41) is 10.8. The van der Waals surface area contributed by atoms with Gasteiger partial charge in [-0.2, -0.15) is 0 Å². The second-order valence-electron chi connectivity index (χ2n) is 4.28. The van der Waals surface area contributed by atoms with Gasteiger partial charge in [0.05, 0.1) is 5.56 Å². The Kier molecular flexibility index (Phi) is 4.29. The normalized spacial score (nSPS) is 18.4. The predicted molar refractivity (Wildman–Crippen MR) is 75.8 cm³/mol. The number of carbonyl (C=O) groups is 3. The molecule has 106 valence electrons. The summed E-state index contributed by atoms with van der Waals surface area (Å²) in [6, 6.07) is 6.14. The zero-order valence-electron chi connectivity index (χ0n) is 10.8. The van der Waals surface area contributed by atoms with Gasteiger partial charge < -0.3 is 10.4 Å². The summed E-state index contributed by atoms with van der Waals surface area (Å²) in [7, 11) is 0. The number of nitrogens with one attached hydrogen (secondary N) is 1. The number of carboxylic acid groups (broad SMARTS) is 1. The lowest BCUT2D eigenvalue weighted by Gasteiger charge is -2.14. The van der Waals surface area contributed by atoms with E-state index in [1.807, 2.05) is 6.92 Å². The Morgan fingerprint density at radius 2 is 2.20 bits per heavy atom. The van der Waals surface area contributed by atoms with Crippen LogP contribution >= 0.6 is 11.8 Å². The molecule has 0 unspecified atom stereocenters. The zero-order valence-corrected chi connectivity index (χ0v) is 11.6. The van der Waals surface area contributed by atoms with Crippen LogP contribution in [0.3, 0.4) is 0 Å². The molecular weight excluding hydrogens is 280 g/mol. The largest absolute Gasteiger partial charge is 0.478 e. The maximum absolute atomic E-state index is 12.0. The molecule has 1 fully saturated rings. The van der Waals surface area contributed by atoms with Crippen molar-refractivity contribution >= 4 is 34.6 Å². The van der Waals surface area contributed by atoms with Crippen molar-refractivity contribution in [3.63, 3.8) is 0 Å². The first kappa shape index (κ1) is 14.4. The first-order chi connectivity index (χ1) is 9.52. The number of rotatable bonds is 5. The van der Waals surface area contributed by atoms with Crippen molar-refractivity contribution in [2.75, 3.05) is 11.9 Å². The van der Waals surface area contributed by atoms with E-state index in [2.05, 4.69) is 5.32 Å². The molecule has 0 spiro atoms. The van der Waals surface area contributed by atoms with E-state index in [1.54, 1.807) is 12.1 Å². The Morgan fingerprint density at radius 3 is 2.85 bits per heavy atom. The van der Waals surface area contributed by atoms with Gasteiger partial charge in [0.25, 0.3) is 11.1 Å². The molecule has 2 amide bonds. The molecule has 1 aromatic rings. The molecule has 1 saturated heterocycles. The number of carboxylic acids is 1. The van der Waals surface area contributed by atoms with Crippen LogP contribution in [-0.4, -0.2) is 39.0 Å². The first-order valence-corrected chi connectivity index (χ1v) is 7.02. The van der Waals surface area contributed by atoms with Crippen LogP contribution in [0.5, 0.6) is 0 Å². The summed E-state index contributed by atoms with van der Waals surface area (Å²) in [5.74, 6) is -1.33. The first-order valence-electron chi connectivity index (χ1n) is 6.15. The second-order valence-corrected chi connectivity index (χ2v) is 5.34. The van der Waals surface area contributed by atoms with Gasteiger partial charge >= 0.3 is 5.97 Å². The number of nitrogens with zero attached hydrogens (tertiary/aromatic N) is 1. The van der Waals surface area contributed by atoms with Gasteiger partial charge in [-0.25, -0.2) is 4.79 Å². The second kappa shape index (κ2) is 5.96. The molecule has 2 rings (SSSR count). The van der Waals surface area contributed by atoms with Crippen LogP contribution in [0, 0.1) is 0 Å². The number of amides is 2. The lowest BCUT2D eigenvalue weighted by molar-refractivity contribution is -0.126. The van der Waals surface area contributed by atoms with E-state index in [9.17, 15) is 14.4 Å². The van der Waals surface area contributed by atoms with Crippen LogP contribution in [0.2, 0.25) is 0 Å². The van der Waals surface area contributed by atoms with Crippen molar-refractivity contribution in [3.05, 3.63) is 29.8 Å². The zero-order chi connectivity index (χ0) is 14.7. The van der Waals surface area contributed by atoms with Gasteiger partial charge in [0.2, 0.25) is 0 Å². The van der Waals surface area contributed by atoms with E-state index in [1.165, 1.54) is 17.0 Å². The monoisotopic (exact) mass is 294 g/mol. The molecule has 0 saturated carbocycles. The third-order valence-corrected chi connectivity index (χ3v) is 3.76. The average Bonchev–Trinajstić information content (AvgIpc) is 2.67. The highest BCUT2D eigenvalue weighted by Crippen LogP contribution is 2.28. The minimum atomic E-state index is -1.04. The molecule has 20 heavy (non-hydrogen) atoms. The maximum Gasteiger partial charge on any atom is 0.335 e. The number of imide groups is 1. The predicted octanol–water partition coefficient (Wildman–Crippen LogP) is 2.23. The maximum atomic E-state index is 12.0. The molecule has 1 atom stereocenters. The molecule has 0 radical (unpaired) electrons. The van der Waals surface area contributed by atoms with E-state index in [4.69, 9.17) is 5.11 Å². The SMILES string of the molecule is CCCN1C(=O)S[C@H](Nc2cccc(C(=O)O)c2)C1=O. The van der Waals surface area contributed by atoms with Crippen LogP contribution in [-0.2, 0) is 4.79 Å². The van der Waals surface area contributed by atoms with E-state index in [-0.39, 0.29) is 16.7 Å². The molecule has 1 aliphatic rings. The lowest BCUT2D eigenvalue weighted by Crippen LogP contribution is -2.34. The van der Waals surface area contributed by atoms with E-state index >= 15 is 0 Å². The van der Waals surface area contributed by atoms with Crippen LogP contribution in [0.1, 0.15) is 23.7 Å². The van der Waals surface area contributed by atoms with Gasteiger partial charge in [-0.05, 0) is 36.4 Å². The van der Waals surface area contributed by atoms with Crippen molar-refractivity contribution in [1.29, 1.82) is 0 Å². The fraction of sp³-hybridized carbons (Fsp3) is 0.308. The van der Waals surface area contributed by atoms with Gasteiger partial charge in [0.1, 0.15) is 0 Å². The van der Waals surface area contributed by atoms with Crippen LogP contribution in [0.25, 0.3) is 0 Å². The van der Waals surface area contributed by atoms with Gasteiger partial charge in [0.15, 0.2) is 5.37 Å². The minimum absolute atomic E-state index is 0.127. The van der Waals surface area contributed by atoms with Gasteiger partial charge in [0, 0.05) is 12.2 Å². The molecule has 2 N–H and O–H groups in total. The number of thioether (sulfide) groups is 1. The number of hydrogen-bond donors (Lipinski definition) is 2. The molecule has 6 nitrogen and oxygen atoms in total. The van der Waals surface area contributed by atoms with Gasteiger partial charge in [-0.15, -0.1) is 0 Å². The number of benzene rings is 1. The summed E-state index contributed by atoms with van der Waals surface area (Å²) in [5.41, 5.74) is 0.629. The van der Waals surface area contributed by atoms with Crippen molar-refractivity contribution in [2.45, 2.75) is 18.7 Å². The van der Waals surface area contributed by atoms with E-state index in [0.29, 0.717) is 18.7 Å². The van der Waals surface area contributed by atoms with Gasteiger partial charge in [-0.1, -0.05) is 13.0 Å². The highest BCUT2D eigenvalue weighted by atomic mass is 32.2. The van der Waals surface area contributed by atoms with Crippen molar-refractivity contribution in [1.82, 2.24) is 4.90 Å². The third kappa shape index (κ3) is 2.93. The fourth-order valence-electron chi connectivity index (χ4n) is 1.86. The quantitative estimate of drug-likeness (QED) is 0.866. The van der Waals surface area contributed by atoms with E-state index < -0.39 is 11.3 Å². The summed E-state index contributed by atoms with van der Waals surface area (Å²) in [4.78, 5) is 35.8. The summed E-state index contributed by atoms with van der Waals surface area (Å²) < 4.78 is 0. The average molecular weight is 294 g/mol. The molecule has 0 aromatic heterocycles. The highest BCUT2D eigenvalue weighted by molar-refractivity contribution is 8.15. The molecule has 1 aliphatic heterocycles. The minimum Gasteiger partial charge on any atom is -0.478 e. The van der Waals surface area contributed by atoms with E-state index in [0.717, 1.165) is 11.8 Å². The molecular formula is C13H14N2O4S. The van der Waals surface area contributed by atoms with Crippen LogP contribution < -0.4 is 5.32 Å². The Labute approximate surface area is 120 Å². The number of aromatic carboxylic acids is 1. The van der Waals surface area contributed by atoms with Crippen molar-refractivity contribution in [2.24, 2.45) is 0 Å². The number of hydrogen-bond acceptors (Lipinski definition) is 5. The molecule has 7 heteroatoms. The molecule has 0 aliphatic carbocycles. The lowest BCUT2D eigenvalue weighted by atomic mass is 10.2. The Bertz CT molecular complexity index is 561. The third-order valence-electron chi connectivity index (χ3n) is 2.78. The summed E-state index contributed by atoms with van der Waals surface area (Å²) in [6.07, 6.45) is 0.708. The Balaban J connectivity index is 2.11. The Morgan fingerprint density at radius 1 is 1.45 bits per heavy atom. The van der Waals surface area contributed by atoms with Crippen molar-refractivity contribution in [3.8, 4) is 0 Å². The van der Waals surface area contributed by atoms with Crippen LogP contribution in [0.4, 0.5) is 10.5 Å². The highest BCUT2D eigenvalue weighted by Gasteiger charge is 2.39. The summed E-state index contributed by atoms with van der Waals surface area (Å²) in [6.45, 7) is 2.29. The summed E-state index contributed by atoms with van der Waals surface area (Å²) >= 11 is 0.910. The molecule has 1 heterocycles. The fourth-order valence-corrected chi connectivity index (χ4v) is 2.79. The smallest absolute Gasteiger partial charge is 0.335 e. The van der Waals surface area contributed by atoms with Crippen molar-refractivity contribution < 1.29 is 19.5 Å². The van der Waals surface area contributed by atoms with Crippen LogP contribution in [0.15, 0.2) is 24.3 Å². The van der Waals surface area contributed by atoms with Gasteiger partial charge in [-0.3, -0.25) is 14.5 Å². The topological polar surface area (TPSA) is 86.7 Å². The Hall–Kier alpha value is -2.02. The number of anilines is 1. The molecule has 0 bridgehead atoms. The standard InChI is InChI=1S/C13H14N2O4S/c1-2-6-15-11(16)10(20-13(15)19)14-9-5-3-4-8(7-9)12(17)18/h3-5,7,10,14H,2,6H2,1H3,(H,17,18)/t10-/m0/s1. The number of carbonyl (C=O) groups excluding carboxylic acids is 2. The molecule has 1 aromatic carbocycles.